The van der Waals surface area contributed by atoms with Crippen LogP contribution in [0, 0.1) is 25.2 Å². The van der Waals surface area contributed by atoms with Crippen molar-refractivity contribution >= 4 is 11.9 Å². The number of nitrogens with one attached hydrogen (secondary N) is 1. The number of pyridine rings is 1. The number of amides is 1. The molecule has 0 aliphatic carbocycles. The van der Waals surface area contributed by atoms with Crippen LogP contribution in [0.1, 0.15) is 55.0 Å². The number of rotatable bonds is 5. The molecular formula is C19H25N3O4. The molecule has 1 amide bonds. The van der Waals surface area contributed by atoms with Crippen LogP contribution in [-0.4, -0.2) is 41.0 Å². The van der Waals surface area contributed by atoms with E-state index in [1.54, 1.807) is 18.7 Å². The van der Waals surface area contributed by atoms with Crippen LogP contribution >= 0.6 is 0 Å². The van der Waals surface area contributed by atoms with Crippen LogP contribution in [0.4, 0.5) is 0 Å². The lowest BCUT2D eigenvalue weighted by molar-refractivity contribution is -0.153. The molecular weight excluding hydrogens is 334 g/mol. The SMILES string of the molecule is Cc1[nH]c(=O)c(C#N)c(C)c1CCC(=O)OCC(=O)N1CCCC[C@@H]1C. The molecule has 1 fully saturated rings. The number of hydrogen-bond acceptors (Lipinski definition) is 5. The molecule has 140 valence electrons. The van der Waals surface area contributed by atoms with Gasteiger partial charge in [0.15, 0.2) is 6.61 Å². The average Bonchev–Trinajstić information content (AvgIpc) is 2.60. The number of carbonyl (C=O) groups excluding carboxylic acids is 2. The average molecular weight is 359 g/mol. The van der Waals surface area contributed by atoms with E-state index in [2.05, 4.69) is 4.98 Å². The summed E-state index contributed by atoms with van der Waals surface area (Å²) in [6, 6.07) is 2.08. The number of aryl methyl sites for hydroxylation is 1. The Kier molecular flexibility index (Phi) is 6.56. The van der Waals surface area contributed by atoms with E-state index in [9.17, 15) is 14.4 Å². The summed E-state index contributed by atoms with van der Waals surface area (Å²) in [6.45, 7) is 5.91. The van der Waals surface area contributed by atoms with Gasteiger partial charge in [0.25, 0.3) is 11.5 Å². The number of esters is 1. The molecule has 1 saturated heterocycles. The smallest absolute Gasteiger partial charge is 0.306 e. The highest BCUT2D eigenvalue weighted by Gasteiger charge is 2.24. The molecule has 2 heterocycles. The van der Waals surface area contributed by atoms with Crippen molar-refractivity contribution in [2.75, 3.05) is 13.2 Å². The van der Waals surface area contributed by atoms with E-state index in [1.165, 1.54) is 0 Å². The molecule has 0 radical (unpaired) electrons. The van der Waals surface area contributed by atoms with Gasteiger partial charge in [-0.2, -0.15) is 5.26 Å². The molecule has 1 aliphatic rings. The fourth-order valence-corrected chi connectivity index (χ4v) is 3.41. The summed E-state index contributed by atoms with van der Waals surface area (Å²) in [7, 11) is 0. The van der Waals surface area contributed by atoms with Gasteiger partial charge in [-0.05, 0) is 57.6 Å². The van der Waals surface area contributed by atoms with Gasteiger partial charge < -0.3 is 14.6 Å². The molecule has 1 aromatic heterocycles. The summed E-state index contributed by atoms with van der Waals surface area (Å²) in [5, 5.41) is 9.08. The lowest BCUT2D eigenvalue weighted by Crippen LogP contribution is -2.44. The standard InChI is InChI=1S/C19H25N3O4/c1-12-6-4-5-9-22(12)17(23)11-26-18(24)8-7-15-13(2)16(10-20)19(25)21-14(15)3/h12H,4-9,11H2,1-3H3,(H,21,25)/t12-/m0/s1. The van der Waals surface area contributed by atoms with Crippen molar-refractivity contribution in [1.82, 2.24) is 9.88 Å². The summed E-state index contributed by atoms with van der Waals surface area (Å²) in [6.07, 6.45) is 3.51. The highest BCUT2D eigenvalue weighted by atomic mass is 16.5. The molecule has 1 aromatic rings. The molecule has 26 heavy (non-hydrogen) atoms. The minimum Gasteiger partial charge on any atom is -0.456 e. The predicted molar refractivity (Wildman–Crippen MR) is 95.6 cm³/mol. The van der Waals surface area contributed by atoms with Gasteiger partial charge in [-0.15, -0.1) is 0 Å². The second-order valence-corrected chi connectivity index (χ2v) is 6.76. The first-order chi connectivity index (χ1) is 12.3. The van der Waals surface area contributed by atoms with Gasteiger partial charge in [-0.25, -0.2) is 0 Å². The van der Waals surface area contributed by atoms with Gasteiger partial charge in [-0.1, -0.05) is 0 Å². The van der Waals surface area contributed by atoms with Crippen molar-refractivity contribution < 1.29 is 14.3 Å². The number of ether oxygens (including phenoxy) is 1. The molecule has 2 rings (SSSR count). The zero-order valence-corrected chi connectivity index (χ0v) is 15.6. The second-order valence-electron chi connectivity index (χ2n) is 6.76. The quantitative estimate of drug-likeness (QED) is 0.807. The highest BCUT2D eigenvalue weighted by Crippen LogP contribution is 2.17. The Morgan fingerprint density at radius 3 is 2.73 bits per heavy atom. The van der Waals surface area contributed by atoms with Gasteiger partial charge >= 0.3 is 5.97 Å². The number of nitriles is 1. The Morgan fingerprint density at radius 1 is 1.35 bits per heavy atom. The van der Waals surface area contributed by atoms with Crippen LogP contribution in [0.15, 0.2) is 4.79 Å². The molecule has 1 N–H and O–H groups in total. The van der Waals surface area contributed by atoms with Gasteiger partial charge in [-0.3, -0.25) is 14.4 Å². The number of carbonyl (C=O) groups is 2. The van der Waals surface area contributed by atoms with E-state index in [0.29, 0.717) is 24.2 Å². The third kappa shape index (κ3) is 4.51. The number of piperidine rings is 1. The number of aromatic amines is 1. The third-order valence-electron chi connectivity index (χ3n) is 4.98. The zero-order chi connectivity index (χ0) is 19.3. The predicted octanol–water partition coefficient (Wildman–Crippen LogP) is 1.74. The molecule has 1 aliphatic heterocycles. The lowest BCUT2D eigenvalue weighted by Gasteiger charge is -2.33. The fourth-order valence-electron chi connectivity index (χ4n) is 3.41. The molecule has 1 atom stereocenters. The highest BCUT2D eigenvalue weighted by molar-refractivity contribution is 5.81. The van der Waals surface area contributed by atoms with Crippen molar-refractivity contribution in [3.8, 4) is 6.07 Å². The molecule has 0 unspecified atom stereocenters. The number of likely N-dealkylation sites (tertiary alicyclic amines) is 1. The third-order valence-corrected chi connectivity index (χ3v) is 4.98. The summed E-state index contributed by atoms with van der Waals surface area (Å²) >= 11 is 0. The molecule has 7 nitrogen and oxygen atoms in total. The zero-order valence-electron chi connectivity index (χ0n) is 15.6. The van der Waals surface area contributed by atoms with Crippen LogP contribution in [-0.2, 0) is 20.7 Å². The Hall–Kier alpha value is -2.62. The number of hydrogen-bond donors (Lipinski definition) is 1. The largest absolute Gasteiger partial charge is 0.456 e. The van der Waals surface area contributed by atoms with Crippen LogP contribution in [0.25, 0.3) is 0 Å². The van der Waals surface area contributed by atoms with Gasteiger partial charge in [0, 0.05) is 24.7 Å². The summed E-state index contributed by atoms with van der Waals surface area (Å²) < 4.78 is 5.12. The molecule has 7 heteroatoms. The summed E-state index contributed by atoms with van der Waals surface area (Å²) in [4.78, 5) is 40.3. The lowest BCUT2D eigenvalue weighted by atomic mass is 9.99. The molecule has 0 aromatic carbocycles. The van der Waals surface area contributed by atoms with Crippen molar-refractivity contribution in [3.63, 3.8) is 0 Å². The maximum atomic E-state index is 12.2. The van der Waals surface area contributed by atoms with E-state index in [-0.39, 0.29) is 30.5 Å². The summed E-state index contributed by atoms with van der Waals surface area (Å²) in [5.74, 6) is -0.625. The van der Waals surface area contributed by atoms with Crippen molar-refractivity contribution in [2.45, 2.75) is 58.9 Å². The Balaban J connectivity index is 1.91. The minimum absolute atomic E-state index is 0.0632. The second kappa shape index (κ2) is 8.65. The topological polar surface area (TPSA) is 103 Å². The first-order valence-corrected chi connectivity index (χ1v) is 8.92. The number of H-pyrrole nitrogens is 1. The van der Waals surface area contributed by atoms with Crippen LogP contribution in [0.3, 0.4) is 0 Å². The van der Waals surface area contributed by atoms with E-state index in [4.69, 9.17) is 10.00 Å². The van der Waals surface area contributed by atoms with E-state index in [0.717, 1.165) is 24.8 Å². The van der Waals surface area contributed by atoms with Crippen molar-refractivity contribution in [1.29, 1.82) is 5.26 Å². The Morgan fingerprint density at radius 2 is 2.08 bits per heavy atom. The molecule has 0 saturated carbocycles. The van der Waals surface area contributed by atoms with E-state index < -0.39 is 11.5 Å². The van der Waals surface area contributed by atoms with E-state index in [1.807, 2.05) is 13.0 Å². The number of aromatic nitrogens is 1. The monoisotopic (exact) mass is 359 g/mol. The first kappa shape index (κ1) is 19.7. The molecule has 0 spiro atoms. The Labute approximate surface area is 153 Å². The van der Waals surface area contributed by atoms with Crippen LogP contribution in [0.2, 0.25) is 0 Å². The maximum Gasteiger partial charge on any atom is 0.306 e. The normalized spacial score (nSPS) is 16.8. The fraction of sp³-hybridized carbons (Fsp3) is 0.579. The van der Waals surface area contributed by atoms with Gasteiger partial charge in [0.05, 0.1) is 0 Å². The minimum atomic E-state index is -0.466. The van der Waals surface area contributed by atoms with Crippen molar-refractivity contribution in [3.05, 3.63) is 32.7 Å². The van der Waals surface area contributed by atoms with Gasteiger partial charge in [0.2, 0.25) is 0 Å². The van der Waals surface area contributed by atoms with E-state index >= 15 is 0 Å². The number of nitrogens with zero attached hydrogens (tertiary/aromatic N) is 2. The first-order valence-electron chi connectivity index (χ1n) is 8.92. The maximum absolute atomic E-state index is 12.2. The van der Waals surface area contributed by atoms with Gasteiger partial charge in [0.1, 0.15) is 11.6 Å². The van der Waals surface area contributed by atoms with Crippen LogP contribution < -0.4 is 5.56 Å². The molecule has 0 bridgehead atoms. The summed E-state index contributed by atoms with van der Waals surface area (Å²) in [5.41, 5.74) is 1.62. The van der Waals surface area contributed by atoms with Crippen molar-refractivity contribution in [2.24, 2.45) is 0 Å². The Bertz CT molecular complexity index is 791. The van der Waals surface area contributed by atoms with Crippen LogP contribution in [0.5, 0.6) is 0 Å².